The summed E-state index contributed by atoms with van der Waals surface area (Å²) in [5.74, 6) is -0.0739. The van der Waals surface area contributed by atoms with E-state index in [9.17, 15) is 9.59 Å². The molecule has 0 saturated heterocycles. The maximum absolute atomic E-state index is 12.5. The van der Waals surface area contributed by atoms with Crippen molar-refractivity contribution in [2.75, 3.05) is 7.11 Å². The van der Waals surface area contributed by atoms with Crippen LogP contribution in [0, 0.1) is 6.92 Å². The molecule has 1 aliphatic rings. The van der Waals surface area contributed by atoms with Crippen LogP contribution in [0.4, 0.5) is 0 Å². The zero-order valence-electron chi connectivity index (χ0n) is 16.3. The second-order valence-electron chi connectivity index (χ2n) is 6.99. The first kappa shape index (κ1) is 19.7. The quantitative estimate of drug-likeness (QED) is 0.763. The Morgan fingerprint density at radius 2 is 2.07 bits per heavy atom. The third-order valence-electron chi connectivity index (χ3n) is 4.69. The fourth-order valence-corrected chi connectivity index (χ4v) is 3.12. The van der Waals surface area contributed by atoms with Crippen molar-refractivity contribution in [1.29, 1.82) is 0 Å². The number of carbonyl (C=O) groups excluding carboxylic acids is 2. The van der Waals surface area contributed by atoms with Crippen LogP contribution < -0.4 is 5.32 Å². The van der Waals surface area contributed by atoms with Crippen LogP contribution in [0.2, 0.25) is 0 Å². The third-order valence-corrected chi connectivity index (χ3v) is 4.69. The zero-order valence-corrected chi connectivity index (χ0v) is 16.3. The number of aromatic nitrogens is 3. The molecular weight excluding hydrogens is 360 g/mol. The summed E-state index contributed by atoms with van der Waals surface area (Å²) < 4.78 is 10.1. The summed E-state index contributed by atoms with van der Waals surface area (Å²) in [4.78, 5) is 33.0. The number of pyridine rings is 1. The van der Waals surface area contributed by atoms with Gasteiger partial charge in [0.1, 0.15) is 5.69 Å². The number of rotatable bonds is 6. The number of nitrogens with zero attached hydrogens (tertiary/aromatic N) is 3. The second kappa shape index (κ2) is 8.77. The molecule has 1 unspecified atom stereocenters. The van der Waals surface area contributed by atoms with Crippen molar-refractivity contribution in [3.8, 4) is 11.5 Å². The van der Waals surface area contributed by atoms with E-state index in [2.05, 4.69) is 20.4 Å². The van der Waals surface area contributed by atoms with E-state index in [0.717, 1.165) is 18.4 Å². The van der Waals surface area contributed by atoms with E-state index in [1.54, 1.807) is 6.20 Å². The van der Waals surface area contributed by atoms with Gasteiger partial charge in [0, 0.05) is 24.2 Å². The normalized spacial score (nSPS) is 15.2. The van der Waals surface area contributed by atoms with Crippen LogP contribution in [0.15, 0.2) is 34.1 Å². The highest BCUT2D eigenvalue weighted by molar-refractivity contribution is 5.91. The first-order valence-electron chi connectivity index (χ1n) is 9.34. The number of aryl methyl sites for hydroxylation is 1. The topological polar surface area (TPSA) is 107 Å². The minimum atomic E-state index is -0.379. The molecule has 1 aliphatic carbocycles. The maximum atomic E-state index is 12.5. The molecule has 0 bridgehead atoms. The summed E-state index contributed by atoms with van der Waals surface area (Å²) in [6.45, 7) is 3.79. The monoisotopic (exact) mass is 384 g/mol. The molecule has 0 aliphatic heterocycles. The van der Waals surface area contributed by atoms with Gasteiger partial charge < -0.3 is 14.6 Å². The summed E-state index contributed by atoms with van der Waals surface area (Å²) in [7, 11) is 1.35. The lowest BCUT2D eigenvalue weighted by Crippen LogP contribution is -2.28. The van der Waals surface area contributed by atoms with Gasteiger partial charge in [-0.15, -0.1) is 0 Å². The van der Waals surface area contributed by atoms with E-state index in [-0.39, 0.29) is 24.2 Å². The fourth-order valence-electron chi connectivity index (χ4n) is 3.12. The van der Waals surface area contributed by atoms with Crippen LogP contribution in [-0.4, -0.2) is 34.1 Å². The number of carbonyl (C=O) groups is 2. The minimum absolute atomic E-state index is 0.168. The van der Waals surface area contributed by atoms with Crippen molar-refractivity contribution in [2.24, 2.45) is 0 Å². The van der Waals surface area contributed by atoms with Crippen LogP contribution in [0.1, 0.15) is 56.4 Å². The Morgan fingerprint density at radius 1 is 1.29 bits per heavy atom. The average molecular weight is 384 g/mol. The van der Waals surface area contributed by atoms with Crippen molar-refractivity contribution < 1.29 is 18.8 Å². The molecule has 0 fully saturated rings. The van der Waals surface area contributed by atoms with Crippen LogP contribution in [0.3, 0.4) is 0 Å². The van der Waals surface area contributed by atoms with Gasteiger partial charge in [0.2, 0.25) is 17.6 Å². The van der Waals surface area contributed by atoms with Gasteiger partial charge in [0.15, 0.2) is 0 Å². The summed E-state index contributed by atoms with van der Waals surface area (Å²) in [6, 6.07) is 3.75. The Labute approximate surface area is 163 Å². The second-order valence-corrected chi connectivity index (χ2v) is 6.99. The van der Waals surface area contributed by atoms with Gasteiger partial charge in [-0.05, 0) is 44.2 Å². The molecule has 0 aromatic carbocycles. The standard InChI is InChI=1S/C20H24N4O4/c1-12-8-9-16(21-11-12)18-23-19(28-24-18)13(2)10-17(25)22-15-7-5-4-6-14(15)20(26)27-3/h8-9,11,13H,4-7,10H2,1-3H3,(H,22,25). The number of ether oxygens (including phenoxy) is 1. The summed E-state index contributed by atoms with van der Waals surface area (Å²) >= 11 is 0. The highest BCUT2D eigenvalue weighted by Crippen LogP contribution is 2.25. The van der Waals surface area contributed by atoms with E-state index in [0.29, 0.717) is 41.5 Å². The van der Waals surface area contributed by atoms with Crippen molar-refractivity contribution in [1.82, 2.24) is 20.4 Å². The summed E-state index contributed by atoms with van der Waals surface area (Å²) in [5.41, 5.74) is 2.87. The van der Waals surface area contributed by atoms with Crippen molar-refractivity contribution in [3.05, 3.63) is 41.1 Å². The lowest BCUT2D eigenvalue weighted by molar-refractivity contribution is -0.136. The van der Waals surface area contributed by atoms with Crippen LogP contribution >= 0.6 is 0 Å². The molecule has 28 heavy (non-hydrogen) atoms. The lowest BCUT2D eigenvalue weighted by atomic mass is 9.96. The first-order valence-corrected chi connectivity index (χ1v) is 9.34. The summed E-state index contributed by atoms with van der Waals surface area (Å²) in [5, 5.41) is 6.82. The maximum Gasteiger partial charge on any atom is 0.335 e. The molecule has 8 heteroatoms. The highest BCUT2D eigenvalue weighted by Gasteiger charge is 2.23. The van der Waals surface area contributed by atoms with Gasteiger partial charge in [0.05, 0.1) is 12.7 Å². The number of allylic oxidation sites excluding steroid dienone is 1. The van der Waals surface area contributed by atoms with Crippen LogP contribution in [0.25, 0.3) is 11.5 Å². The predicted octanol–water partition coefficient (Wildman–Crippen LogP) is 3.05. The molecule has 1 amide bonds. The van der Waals surface area contributed by atoms with E-state index in [1.165, 1.54) is 7.11 Å². The SMILES string of the molecule is COC(=O)C1=C(NC(=O)CC(C)c2nc(-c3ccc(C)cn3)no2)CCCC1. The van der Waals surface area contributed by atoms with Crippen molar-refractivity contribution >= 4 is 11.9 Å². The number of methoxy groups -OCH3 is 1. The molecule has 3 rings (SSSR count). The molecule has 0 spiro atoms. The van der Waals surface area contributed by atoms with Crippen LogP contribution in [0.5, 0.6) is 0 Å². The fraction of sp³-hybridized carbons (Fsp3) is 0.450. The van der Waals surface area contributed by atoms with E-state index in [1.807, 2.05) is 26.0 Å². The van der Waals surface area contributed by atoms with Gasteiger partial charge in [-0.25, -0.2) is 4.79 Å². The lowest BCUT2D eigenvalue weighted by Gasteiger charge is -2.19. The van der Waals surface area contributed by atoms with Crippen molar-refractivity contribution in [3.63, 3.8) is 0 Å². The first-order chi connectivity index (χ1) is 13.5. The van der Waals surface area contributed by atoms with Gasteiger partial charge in [-0.1, -0.05) is 18.1 Å². The van der Waals surface area contributed by atoms with E-state index < -0.39 is 0 Å². The largest absolute Gasteiger partial charge is 0.466 e. The van der Waals surface area contributed by atoms with Gasteiger partial charge in [0.25, 0.3) is 0 Å². The van der Waals surface area contributed by atoms with Crippen molar-refractivity contribution in [2.45, 2.75) is 51.9 Å². The van der Waals surface area contributed by atoms with E-state index >= 15 is 0 Å². The molecule has 2 aromatic rings. The third kappa shape index (κ3) is 4.62. The smallest absolute Gasteiger partial charge is 0.335 e. The number of hydrogen-bond acceptors (Lipinski definition) is 7. The Morgan fingerprint density at radius 3 is 2.79 bits per heavy atom. The number of esters is 1. The molecule has 1 N–H and O–H groups in total. The molecule has 0 radical (unpaired) electrons. The van der Waals surface area contributed by atoms with Crippen LogP contribution in [-0.2, 0) is 14.3 Å². The molecule has 148 valence electrons. The average Bonchev–Trinajstić information content (AvgIpc) is 3.18. The zero-order chi connectivity index (χ0) is 20.1. The molecular formula is C20H24N4O4. The predicted molar refractivity (Wildman–Crippen MR) is 101 cm³/mol. The number of amides is 1. The molecule has 2 heterocycles. The number of nitrogens with one attached hydrogen (secondary N) is 1. The van der Waals surface area contributed by atoms with Gasteiger partial charge in [-0.2, -0.15) is 4.98 Å². The summed E-state index contributed by atoms with van der Waals surface area (Å²) in [6.07, 6.45) is 5.03. The Hall–Kier alpha value is -3.03. The molecule has 2 aromatic heterocycles. The molecule has 0 saturated carbocycles. The van der Waals surface area contributed by atoms with Gasteiger partial charge >= 0.3 is 5.97 Å². The minimum Gasteiger partial charge on any atom is -0.466 e. The van der Waals surface area contributed by atoms with Gasteiger partial charge in [-0.3, -0.25) is 9.78 Å². The molecule has 1 atom stereocenters. The number of hydrogen-bond donors (Lipinski definition) is 1. The Kier molecular flexibility index (Phi) is 6.18. The highest BCUT2D eigenvalue weighted by atomic mass is 16.5. The Balaban J connectivity index is 1.65. The Bertz CT molecular complexity index is 886. The van der Waals surface area contributed by atoms with E-state index in [4.69, 9.17) is 9.26 Å². The molecule has 8 nitrogen and oxygen atoms in total.